The van der Waals surface area contributed by atoms with Crippen LogP contribution in [0.5, 0.6) is 0 Å². The van der Waals surface area contributed by atoms with Crippen molar-refractivity contribution in [1.29, 1.82) is 0 Å². The number of hydrogen-bond acceptors (Lipinski definition) is 4. The number of carbonyl (C=O) groups excluding carboxylic acids is 2. The number of amides is 2. The lowest BCUT2D eigenvalue weighted by atomic mass is 9.93. The smallest absolute Gasteiger partial charge is 0.241 e. The zero-order chi connectivity index (χ0) is 13.1. The van der Waals surface area contributed by atoms with Crippen LogP contribution in [-0.2, 0) is 16.1 Å². The van der Waals surface area contributed by atoms with Gasteiger partial charge in [-0.15, -0.1) is 0 Å². The maximum absolute atomic E-state index is 11.5. The molecule has 0 aliphatic carbocycles. The van der Waals surface area contributed by atoms with E-state index in [1.54, 1.807) is 20.0 Å². The molecule has 2 amide bonds. The van der Waals surface area contributed by atoms with E-state index < -0.39 is 11.3 Å². The molecule has 0 saturated heterocycles. The fourth-order valence-corrected chi connectivity index (χ4v) is 1.08. The van der Waals surface area contributed by atoms with Crippen LogP contribution >= 0.6 is 0 Å². The van der Waals surface area contributed by atoms with Crippen LogP contribution in [0, 0.1) is 5.41 Å². The molecule has 0 fully saturated rings. The van der Waals surface area contributed by atoms with Crippen LogP contribution < -0.4 is 16.8 Å². The Labute approximate surface area is 99.1 Å². The van der Waals surface area contributed by atoms with Gasteiger partial charge in [-0.2, -0.15) is 5.10 Å². The summed E-state index contributed by atoms with van der Waals surface area (Å²) in [5, 5.41) is 6.50. The number of primary amides is 1. The van der Waals surface area contributed by atoms with Gasteiger partial charge in [0.15, 0.2) is 0 Å². The quantitative estimate of drug-likeness (QED) is 0.617. The van der Waals surface area contributed by atoms with Crippen LogP contribution in [0.3, 0.4) is 0 Å². The lowest BCUT2D eigenvalue weighted by molar-refractivity contribution is -0.127. The second-order valence-corrected chi connectivity index (χ2v) is 4.50. The van der Waals surface area contributed by atoms with Gasteiger partial charge in [-0.3, -0.25) is 14.3 Å². The summed E-state index contributed by atoms with van der Waals surface area (Å²) in [4.78, 5) is 22.6. The lowest BCUT2D eigenvalue weighted by Gasteiger charge is -2.20. The molecule has 1 aromatic rings. The molecule has 0 aromatic carbocycles. The Morgan fingerprint density at radius 2 is 2.18 bits per heavy atom. The molecule has 1 heterocycles. The van der Waals surface area contributed by atoms with E-state index in [0.29, 0.717) is 5.69 Å². The van der Waals surface area contributed by atoms with Crippen molar-refractivity contribution in [3.05, 3.63) is 12.4 Å². The minimum atomic E-state index is -0.765. The molecular weight excluding hydrogens is 222 g/mol. The Hall–Kier alpha value is -2.05. The van der Waals surface area contributed by atoms with Crippen molar-refractivity contribution < 1.29 is 9.59 Å². The van der Waals surface area contributed by atoms with Crippen LogP contribution in [0.1, 0.15) is 13.8 Å². The number of nitrogens with two attached hydrogens (primary N) is 2. The molecule has 0 aliphatic heterocycles. The van der Waals surface area contributed by atoms with Crippen molar-refractivity contribution >= 4 is 17.5 Å². The molecular formula is C10H17N5O2. The van der Waals surface area contributed by atoms with E-state index in [4.69, 9.17) is 11.5 Å². The van der Waals surface area contributed by atoms with E-state index in [1.807, 2.05) is 0 Å². The summed E-state index contributed by atoms with van der Waals surface area (Å²) in [6.45, 7) is 3.59. The number of nitrogens with one attached hydrogen (secondary N) is 1. The predicted octanol–water partition coefficient (Wildman–Crippen LogP) is -0.907. The molecule has 7 nitrogen and oxygen atoms in total. The molecule has 17 heavy (non-hydrogen) atoms. The second-order valence-electron chi connectivity index (χ2n) is 4.50. The van der Waals surface area contributed by atoms with Crippen LogP contribution in [0.4, 0.5) is 5.69 Å². The van der Waals surface area contributed by atoms with Gasteiger partial charge in [-0.25, -0.2) is 0 Å². The zero-order valence-corrected chi connectivity index (χ0v) is 9.93. The Morgan fingerprint density at radius 1 is 1.53 bits per heavy atom. The van der Waals surface area contributed by atoms with Crippen molar-refractivity contribution in [2.24, 2.45) is 11.1 Å². The van der Waals surface area contributed by atoms with Gasteiger partial charge in [0.05, 0.1) is 17.3 Å². The molecule has 0 spiro atoms. The maximum Gasteiger partial charge on any atom is 0.241 e. The third-order valence-corrected chi connectivity index (χ3v) is 2.35. The second kappa shape index (κ2) is 4.86. The predicted molar refractivity (Wildman–Crippen MR) is 62.6 cm³/mol. The van der Waals surface area contributed by atoms with Crippen molar-refractivity contribution in [2.75, 3.05) is 12.3 Å². The topological polar surface area (TPSA) is 116 Å². The molecule has 5 N–H and O–H groups in total. The summed E-state index contributed by atoms with van der Waals surface area (Å²) in [7, 11) is 0. The van der Waals surface area contributed by atoms with Crippen molar-refractivity contribution in [3.8, 4) is 0 Å². The normalized spacial score (nSPS) is 11.2. The average Bonchev–Trinajstić information content (AvgIpc) is 2.61. The first-order valence-corrected chi connectivity index (χ1v) is 5.16. The number of carbonyl (C=O) groups is 2. The van der Waals surface area contributed by atoms with Gasteiger partial charge in [0.2, 0.25) is 11.8 Å². The summed E-state index contributed by atoms with van der Waals surface area (Å²) in [6, 6.07) is 0. The first-order chi connectivity index (χ1) is 7.81. The molecule has 1 rings (SSSR count). The first-order valence-electron chi connectivity index (χ1n) is 5.16. The summed E-state index contributed by atoms with van der Waals surface area (Å²) in [6.07, 6.45) is 3.01. The van der Waals surface area contributed by atoms with E-state index in [2.05, 4.69) is 10.4 Å². The third-order valence-electron chi connectivity index (χ3n) is 2.35. The number of anilines is 1. The molecule has 1 aromatic heterocycles. The minimum absolute atomic E-state index is 0.0615. The van der Waals surface area contributed by atoms with Gasteiger partial charge in [0, 0.05) is 12.7 Å². The van der Waals surface area contributed by atoms with Gasteiger partial charge < -0.3 is 16.8 Å². The summed E-state index contributed by atoms with van der Waals surface area (Å²) in [5.74, 6) is -0.705. The van der Waals surface area contributed by atoms with Crippen LogP contribution in [0.25, 0.3) is 0 Å². The van der Waals surface area contributed by atoms with E-state index in [-0.39, 0.29) is 19.0 Å². The summed E-state index contributed by atoms with van der Waals surface area (Å²) in [5.41, 5.74) is 10.4. The van der Waals surface area contributed by atoms with Gasteiger partial charge in [0.1, 0.15) is 6.54 Å². The highest BCUT2D eigenvalue weighted by Crippen LogP contribution is 2.11. The van der Waals surface area contributed by atoms with Gasteiger partial charge in [-0.1, -0.05) is 0 Å². The number of hydrogen-bond donors (Lipinski definition) is 3. The molecule has 94 valence electrons. The number of rotatable bonds is 5. The Bertz CT molecular complexity index is 424. The fourth-order valence-electron chi connectivity index (χ4n) is 1.08. The Balaban J connectivity index is 2.43. The van der Waals surface area contributed by atoms with Gasteiger partial charge in [0.25, 0.3) is 0 Å². The molecule has 0 aliphatic rings. The average molecular weight is 239 g/mol. The zero-order valence-electron chi connectivity index (χ0n) is 9.93. The molecule has 0 unspecified atom stereocenters. The summed E-state index contributed by atoms with van der Waals surface area (Å²) < 4.78 is 1.42. The highest BCUT2D eigenvalue weighted by atomic mass is 16.2. The maximum atomic E-state index is 11.5. The van der Waals surface area contributed by atoms with Crippen LogP contribution in [0.2, 0.25) is 0 Å². The Morgan fingerprint density at radius 3 is 2.65 bits per heavy atom. The van der Waals surface area contributed by atoms with Crippen LogP contribution in [-0.4, -0.2) is 28.1 Å². The van der Waals surface area contributed by atoms with Gasteiger partial charge in [-0.05, 0) is 13.8 Å². The Kier molecular flexibility index (Phi) is 3.72. The molecule has 0 saturated carbocycles. The van der Waals surface area contributed by atoms with Crippen molar-refractivity contribution in [1.82, 2.24) is 15.1 Å². The highest BCUT2D eigenvalue weighted by molar-refractivity contribution is 5.82. The van der Waals surface area contributed by atoms with E-state index in [1.165, 1.54) is 10.9 Å². The minimum Gasteiger partial charge on any atom is -0.396 e. The first kappa shape index (κ1) is 13.0. The molecule has 0 radical (unpaired) electrons. The van der Waals surface area contributed by atoms with E-state index in [0.717, 1.165) is 0 Å². The van der Waals surface area contributed by atoms with Crippen molar-refractivity contribution in [2.45, 2.75) is 20.4 Å². The largest absolute Gasteiger partial charge is 0.396 e. The van der Waals surface area contributed by atoms with Crippen LogP contribution in [0.15, 0.2) is 12.4 Å². The number of aromatic nitrogens is 2. The monoisotopic (exact) mass is 239 g/mol. The molecule has 7 heteroatoms. The lowest BCUT2D eigenvalue weighted by Crippen LogP contribution is -2.43. The van der Waals surface area contributed by atoms with E-state index in [9.17, 15) is 9.59 Å². The standard InChI is InChI=1S/C10H17N5O2/c1-10(2,9(12)17)6-13-8(16)5-15-4-7(11)3-14-15/h3-4H,5-6,11H2,1-2H3,(H2,12,17)(H,13,16). The number of nitrogens with zero attached hydrogens (tertiary/aromatic N) is 2. The molecule has 0 bridgehead atoms. The molecule has 0 atom stereocenters. The van der Waals surface area contributed by atoms with E-state index >= 15 is 0 Å². The van der Waals surface area contributed by atoms with Crippen molar-refractivity contribution in [3.63, 3.8) is 0 Å². The highest BCUT2D eigenvalue weighted by Gasteiger charge is 2.25. The van der Waals surface area contributed by atoms with Gasteiger partial charge >= 0.3 is 0 Å². The fraction of sp³-hybridized carbons (Fsp3) is 0.500. The number of nitrogen functional groups attached to an aromatic ring is 1. The summed E-state index contributed by atoms with van der Waals surface area (Å²) >= 11 is 0. The SMILES string of the molecule is CC(C)(CNC(=O)Cn1cc(N)cn1)C(N)=O. The third kappa shape index (κ3) is 3.78.